The Morgan fingerprint density at radius 2 is 1.68 bits per heavy atom. The Bertz CT molecular complexity index is 1090. The molecule has 0 saturated carbocycles. The molecule has 3 aromatic carbocycles. The first-order valence-corrected chi connectivity index (χ1v) is 10.7. The first kappa shape index (κ1) is 20.0. The molecule has 0 bridgehead atoms. The molecule has 6 heteroatoms. The summed E-state index contributed by atoms with van der Waals surface area (Å²) in [5, 5.41) is 4.64. The molecule has 2 N–H and O–H groups in total. The number of hydrogen-bond donors (Lipinski definition) is 2. The largest absolute Gasteiger partial charge is 0.326 e. The molecule has 5 nitrogen and oxygen atoms in total. The van der Waals surface area contributed by atoms with Gasteiger partial charge < -0.3 is 5.32 Å². The number of carbonyl (C=O) groups is 1. The zero-order valence-corrected chi connectivity index (χ0v) is 16.8. The summed E-state index contributed by atoms with van der Waals surface area (Å²) in [6.07, 6.45) is 0.0543. The standard InChI is InChI=1S/C22H24N2O3S/c1-16(2)18-8-5-9-20(14-18)24-22(25)12-13-23-28(26,27)21-11-10-17-6-3-4-7-19(17)15-21/h3-11,14-16,23H,12-13H2,1-2H3,(H,24,25). The average Bonchev–Trinajstić information content (AvgIpc) is 2.67. The molecule has 0 radical (unpaired) electrons. The Morgan fingerprint density at radius 1 is 0.929 bits per heavy atom. The number of rotatable bonds is 7. The summed E-state index contributed by atoms with van der Waals surface area (Å²) >= 11 is 0. The van der Waals surface area contributed by atoms with E-state index in [-0.39, 0.29) is 23.8 Å². The van der Waals surface area contributed by atoms with Crippen molar-refractivity contribution in [1.29, 1.82) is 0 Å². The van der Waals surface area contributed by atoms with Gasteiger partial charge in [-0.1, -0.05) is 56.3 Å². The van der Waals surface area contributed by atoms with Crippen LogP contribution in [0.1, 0.15) is 31.7 Å². The van der Waals surface area contributed by atoms with Gasteiger partial charge in [-0.3, -0.25) is 4.79 Å². The molecule has 146 valence electrons. The Labute approximate surface area is 165 Å². The number of sulfonamides is 1. The normalized spacial score (nSPS) is 11.7. The van der Waals surface area contributed by atoms with E-state index in [0.29, 0.717) is 11.6 Å². The van der Waals surface area contributed by atoms with Crippen molar-refractivity contribution in [3.8, 4) is 0 Å². The van der Waals surface area contributed by atoms with Crippen molar-refractivity contribution >= 4 is 32.4 Å². The summed E-state index contributed by atoms with van der Waals surface area (Å²) in [7, 11) is -3.67. The van der Waals surface area contributed by atoms with Crippen LogP contribution in [0, 0.1) is 0 Å². The number of fused-ring (bicyclic) bond motifs is 1. The summed E-state index contributed by atoms with van der Waals surface area (Å²) < 4.78 is 27.5. The van der Waals surface area contributed by atoms with Gasteiger partial charge in [-0.2, -0.15) is 0 Å². The lowest BCUT2D eigenvalue weighted by atomic mass is 10.0. The minimum absolute atomic E-state index is 0.0326. The molecular formula is C22H24N2O3S. The SMILES string of the molecule is CC(C)c1cccc(NC(=O)CCNS(=O)(=O)c2ccc3ccccc3c2)c1. The van der Waals surface area contributed by atoms with Crippen molar-refractivity contribution < 1.29 is 13.2 Å². The van der Waals surface area contributed by atoms with Crippen LogP contribution in [0.4, 0.5) is 5.69 Å². The smallest absolute Gasteiger partial charge is 0.240 e. The number of nitrogens with one attached hydrogen (secondary N) is 2. The second-order valence-corrected chi connectivity index (χ2v) is 8.75. The lowest BCUT2D eigenvalue weighted by molar-refractivity contribution is -0.116. The molecule has 3 rings (SSSR count). The molecule has 0 aliphatic rings. The molecule has 0 unspecified atom stereocenters. The van der Waals surface area contributed by atoms with Crippen molar-refractivity contribution in [2.45, 2.75) is 31.1 Å². The third-order valence-corrected chi connectivity index (χ3v) is 5.97. The first-order valence-electron chi connectivity index (χ1n) is 9.23. The number of carbonyl (C=O) groups excluding carboxylic acids is 1. The van der Waals surface area contributed by atoms with Crippen LogP contribution in [0.5, 0.6) is 0 Å². The van der Waals surface area contributed by atoms with Crippen LogP contribution in [0.15, 0.2) is 71.6 Å². The third-order valence-electron chi connectivity index (χ3n) is 4.51. The molecule has 3 aromatic rings. The molecule has 0 fully saturated rings. The van der Waals surface area contributed by atoms with Crippen LogP contribution in [0.25, 0.3) is 10.8 Å². The van der Waals surface area contributed by atoms with E-state index < -0.39 is 10.0 Å². The van der Waals surface area contributed by atoms with Crippen molar-refractivity contribution in [2.24, 2.45) is 0 Å². The minimum atomic E-state index is -3.67. The number of benzene rings is 3. The van der Waals surface area contributed by atoms with E-state index in [1.807, 2.05) is 48.5 Å². The fourth-order valence-corrected chi connectivity index (χ4v) is 3.98. The molecule has 0 saturated heterocycles. The Morgan fingerprint density at radius 3 is 2.43 bits per heavy atom. The predicted molar refractivity (Wildman–Crippen MR) is 113 cm³/mol. The third kappa shape index (κ3) is 4.97. The maximum Gasteiger partial charge on any atom is 0.240 e. The highest BCUT2D eigenvalue weighted by Crippen LogP contribution is 2.20. The quantitative estimate of drug-likeness (QED) is 0.626. The van der Waals surface area contributed by atoms with E-state index in [4.69, 9.17) is 0 Å². The fraction of sp³-hybridized carbons (Fsp3) is 0.227. The van der Waals surface area contributed by atoms with E-state index in [9.17, 15) is 13.2 Å². The van der Waals surface area contributed by atoms with Crippen LogP contribution >= 0.6 is 0 Å². The summed E-state index contributed by atoms with van der Waals surface area (Å²) in [6, 6.07) is 20.2. The Kier molecular flexibility index (Phi) is 6.11. The van der Waals surface area contributed by atoms with Gasteiger partial charge in [-0.25, -0.2) is 13.1 Å². The highest BCUT2D eigenvalue weighted by atomic mass is 32.2. The molecule has 0 aliphatic heterocycles. The summed E-state index contributed by atoms with van der Waals surface area (Å²) in [5.74, 6) is 0.132. The van der Waals surface area contributed by atoms with Crippen LogP contribution in [-0.2, 0) is 14.8 Å². The van der Waals surface area contributed by atoms with Gasteiger partial charge in [0.15, 0.2) is 0 Å². The van der Waals surface area contributed by atoms with E-state index in [0.717, 1.165) is 16.3 Å². The highest BCUT2D eigenvalue weighted by Gasteiger charge is 2.15. The summed E-state index contributed by atoms with van der Waals surface area (Å²) in [4.78, 5) is 12.3. The van der Waals surface area contributed by atoms with Gasteiger partial charge in [-0.05, 0) is 46.5 Å². The first-order chi connectivity index (χ1) is 13.3. The lowest BCUT2D eigenvalue weighted by Crippen LogP contribution is -2.27. The molecule has 0 aliphatic carbocycles. The Hall–Kier alpha value is -2.70. The summed E-state index contributed by atoms with van der Waals surface area (Å²) in [5.41, 5.74) is 1.85. The predicted octanol–water partition coefficient (Wildman–Crippen LogP) is 4.27. The van der Waals surface area contributed by atoms with Gasteiger partial charge in [0.05, 0.1) is 4.90 Å². The van der Waals surface area contributed by atoms with E-state index in [2.05, 4.69) is 23.9 Å². The monoisotopic (exact) mass is 396 g/mol. The molecule has 28 heavy (non-hydrogen) atoms. The van der Waals surface area contributed by atoms with E-state index >= 15 is 0 Å². The topological polar surface area (TPSA) is 75.3 Å². The molecule has 0 spiro atoms. The molecule has 1 amide bonds. The van der Waals surface area contributed by atoms with Gasteiger partial charge in [0.2, 0.25) is 15.9 Å². The fourth-order valence-electron chi connectivity index (χ4n) is 2.92. The summed E-state index contributed by atoms with van der Waals surface area (Å²) in [6.45, 7) is 4.20. The zero-order chi connectivity index (χ0) is 20.1. The zero-order valence-electron chi connectivity index (χ0n) is 16.0. The molecular weight excluding hydrogens is 372 g/mol. The van der Waals surface area contributed by atoms with Gasteiger partial charge >= 0.3 is 0 Å². The number of amides is 1. The lowest BCUT2D eigenvalue weighted by Gasteiger charge is -2.10. The molecule has 0 aromatic heterocycles. The minimum Gasteiger partial charge on any atom is -0.326 e. The van der Waals surface area contributed by atoms with E-state index in [1.165, 1.54) is 0 Å². The second kappa shape index (κ2) is 8.54. The highest BCUT2D eigenvalue weighted by molar-refractivity contribution is 7.89. The maximum atomic E-state index is 12.5. The molecule has 0 atom stereocenters. The Balaban J connectivity index is 1.58. The maximum absolute atomic E-state index is 12.5. The van der Waals surface area contributed by atoms with E-state index in [1.54, 1.807) is 18.2 Å². The van der Waals surface area contributed by atoms with Crippen LogP contribution in [0.2, 0.25) is 0 Å². The van der Waals surface area contributed by atoms with Gasteiger partial charge in [0, 0.05) is 18.7 Å². The second-order valence-electron chi connectivity index (χ2n) is 6.99. The van der Waals surface area contributed by atoms with Crippen LogP contribution in [0.3, 0.4) is 0 Å². The van der Waals surface area contributed by atoms with Gasteiger partial charge in [0.25, 0.3) is 0 Å². The van der Waals surface area contributed by atoms with Crippen molar-refractivity contribution in [2.75, 3.05) is 11.9 Å². The van der Waals surface area contributed by atoms with Crippen molar-refractivity contribution in [1.82, 2.24) is 4.72 Å². The van der Waals surface area contributed by atoms with Crippen molar-refractivity contribution in [3.63, 3.8) is 0 Å². The number of hydrogen-bond acceptors (Lipinski definition) is 3. The average molecular weight is 397 g/mol. The van der Waals surface area contributed by atoms with Gasteiger partial charge in [-0.15, -0.1) is 0 Å². The van der Waals surface area contributed by atoms with Crippen LogP contribution < -0.4 is 10.0 Å². The van der Waals surface area contributed by atoms with Crippen molar-refractivity contribution in [3.05, 3.63) is 72.3 Å². The van der Waals surface area contributed by atoms with Gasteiger partial charge in [0.1, 0.15) is 0 Å². The number of anilines is 1. The molecule has 0 heterocycles. The van der Waals surface area contributed by atoms with Crippen LogP contribution in [-0.4, -0.2) is 20.9 Å².